The Labute approximate surface area is 108 Å². The summed E-state index contributed by atoms with van der Waals surface area (Å²) in [5.41, 5.74) is 1.17. The van der Waals surface area contributed by atoms with Gasteiger partial charge in [-0.05, 0) is 37.0 Å². The maximum absolute atomic E-state index is 10.7. The van der Waals surface area contributed by atoms with Crippen LogP contribution in [0.25, 0.3) is 0 Å². The van der Waals surface area contributed by atoms with Crippen LogP contribution in [0.15, 0.2) is 24.3 Å². The Kier molecular flexibility index (Phi) is 4.76. The maximum Gasteiger partial charge on any atom is 0.125 e. The van der Waals surface area contributed by atoms with Gasteiger partial charge in [0.05, 0.1) is 19.3 Å². The van der Waals surface area contributed by atoms with Crippen LogP contribution in [0.2, 0.25) is 0 Å². The van der Waals surface area contributed by atoms with E-state index >= 15 is 0 Å². The Hall–Kier alpha value is -1.35. The highest BCUT2D eigenvalue weighted by Gasteiger charge is 2.22. The average molecular weight is 248 g/mol. The van der Waals surface area contributed by atoms with Gasteiger partial charge in [-0.3, -0.25) is 0 Å². The van der Waals surface area contributed by atoms with E-state index in [1.54, 1.807) is 0 Å². The van der Waals surface area contributed by atoms with Crippen molar-refractivity contribution in [1.29, 1.82) is 0 Å². The summed E-state index contributed by atoms with van der Waals surface area (Å²) < 4.78 is 11.3. The van der Waals surface area contributed by atoms with Gasteiger partial charge in [0.1, 0.15) is 12.0 Å². The lowest BCUT2D eigenvalue weighted by molar-refractivity contribution is -0.117. The molecule has 1 heterocycles. The number of carbonyl (C=O) groups excluding carboxylic acids is 1. The summed E-state index contributed by atoms with van der Waals surface area (Å²) >= 11 is 0. The Morgan fingerprint density at radius 1 is 1.33 bits per heavy atom. The molecule has 0 bridgehead atoms. The normalized spacial score (nSPS) is 23.6. The lowest BCUT2D eigenvalue weighted by atomic mass is 9.96. The third-order valence-electron chi connectivity index (χ3n) is 3.23. The topological polar surface area (TPSA) is 35.5 Å². The summed E-state index contributed by atoms with van der Waals surface area (Å²) in [5, 5.41) is 0. The number of carbonyl (C=O) groups is 1. The monoisotopic (exact) mass is 248 g/mol. The molecule has 18 heavy (non-hydrogen) atoms. The van der Waals surface area contributed by atoms with E-state index in [1.807, 2.05) is 12.1 Å². The van der Waals surface area contributed by atoms with Gasteiger partial charge in [-0.1, -0.05) is 19.1 Å². The lowest BCUT2D eigenvalue weighted by Gasteiger charge is -2.26. The van der Waals surface area contributed by atoms with E-state index in [2.05, 4.69) is 19.1 Å². The second-order valence-electron chi connectivity index (χ2n) is 4.71. The van der Waals surface area contributed by atoms with E-state index in [0.29, 0.717) is 6.61 Å². The smallest absolute Gasteiger partial charge is 0.125 e. The first-order valence-electron chi connectivity index (χ1n) is 6.63. The molecule has 0 aliphatic carbocycles. The highest BCUT2D eigenvalue weighted by atomic mass is 16.5. The summed E-state index contributed by atoms with van der Waals surface area (Å²) in [6, 6.07) is 8.08. The molecule has 1 saturated heterocycles. The Bertz CT molecular complexity index is 364. The third-order valence-corrected chi connectivity index (χ3v) is 3.23. The molecule has 1 aliphatic rings. The van der Waals surface area contributed by atoms with Crippen LogP contribution in [0, 0.1) is 5.92 Å². The number of aldehydes is 1. The van der Waals surface area contributed by atoms with Crippen LogP contribution in [-0.4, -0.2) is 19.5 Å². The molecule has 2 atom stereocenters. The highest BCUT2D eigenvalue weighted by Crippen LogP contribution is 2.30. The molecule has 2 rings (SSSR count). The van der Waals surface area contributed by atoms with Crippen molar-refractivity contribution in [1.82, 2.24) is 0 Å². The minimum atomic E-state index is 0.0772. The van der Waals surface area contributed by atoms with Crippen molar-refractivity contribution in [2.24, 2.45) is 5.92 Å². The second-order valence-corrected chi connectivity index (χ2v) is 4.71. The molecule has 1 aromatic carbocycles. The first-order chi connectivity index (χ1) is 8.83. The van der Waals surface area contributed by atoms with Crippen LogP contribution in [0.1, 0.15) is 37.9 Å². The fraction of sp³-hybridized carbons (Fsp3) is 0.533. The van der Waals surface area contributed by atoms with Crippen LogP contribution >= 0.6 is 0 Å². The van der Waals surface area contributed by atoms with Gasteiger partial charge in [0.2, 0.25) is 0 Å². The molecule has 98 valence electrons. The van der Waals surface area contributed by atoms with Gasteiger partial charge in [-0.15, -0.1) is 0 Å². The fourth-order valence-corrected chi connectivity index (χ4v) is 2.14. The zero-order valence-corrected chi connectivity index (χ0v) is 10.8. The van der Waals surface area contributed by atoms with Crippen molar-refractivity contribution >= 4 is 6.29 Å². The quantitative estimate of drug-likeness (QED) is 0.751. The number of hydrogen-bond acceptors (Lipinski definition) is 3. The van der Waals surface area contributed by atoms with E-state index in [-0.39, 0.29) is 12.0 Å². The first-order valence-corrected chi connectivity index (χ1v) is 6.63. The van der Waals surface area contributed by atoms with E-state index in [4.69, 9.17) is 9.47 Å². The first kappa shape index (κ1) is 13.1. The molecule has 0 spiro atoms. The van der Waals surface area contributed by atoms with Gasteiger partial charge in [0.25, 0.3) is 0 Å². The summed E-state index contributed by atoms with van der Waals surface area (Å²) in [4.78, 5) is 10.7. The summed E-state index contributed by atoms with van der Waals surface area (Å²) in [6.45, 7) is 3.39. The number of hydrogen-bond donors (Lipinski definition) is 0. The van der Waals surface area contributed by atoms with Gasteiger partial charge in [0.15, 0.2) is 0 Å². The van der Waals surface area contributed by atoms with Crippen molar-refractivity contribution in [2.75, 3.05) is 13.2 Å². The molecular weight excluding hydrogens is 228 g/mol. The number of rotatable bonds is 5. The largest absolute Gasteiger partial charge is 0.494 e. The second kappa shape index (κ2) is 6.55. The molecule has 1 fully saturated rings. The van der Waals surface area contributed by atoms with Gasteiger partial charge in [0, 0.05) is 5.92 Å². The van der Waals surface area contributed by atoms with Gasteiger partial charge in [-0.25, -0.2) is 0 Å². The molecule has 0 saturated carbocycles. The summed E-state index contributed by atoms with van der Waals surface area (Å²) in [7, 11) is 0. The molecule has 0 amide bonds. The van der Waals surface area contributed by atoms with Crippen molar-refractivity contribution < 1.29 is 14.3 Å². The molecular formula is C15H20O3. The van der Waals surface area contributed by atoms with Crippen LogP contribution in [0.3, 0.4) is 0 Å². The van der Waals surface area contributed by atoms with Gasteiger partial charge >= 0.3 is 0 Å². The lowest BCUT2D eigenvalue weighted by Crippen LogP contribution is -2.21. The fourth-order valence-electron chi connectivity index (χ4n) is 2.14. The predicted molar refractivity (Wildman–Crippen MR) is 69.7 cm³/mol. The minimum Gasteiger partial charge on any atom is -0.494 e. The van der Waals surface area contributed by atoms with Gasteiger partial charge < -0.3 is 14.3 Å². The Morgan fingerprint density at radius 2 is 2.11 bits per heavy atom. The van der Waals surface area contributed by atoms with E-state index in [9.17, 15) is 4.79 Å². The van der Waals surface area contributed by atoms with E-state index < -0.39 is 0 Å². The van der Waals surface area contributed by atoms with Crippen molar-refractivity contribution in [2.45, 2.75) is 32.3 Å². The van der Waals surface area contributed by atoms with Gasteiger partial charge in [-0.2, -0.15) is 0 Å². The molecule has 2 unspecified atom stereocenters. The molecule has 3 nitrogen and oxygen atoms in total. The minimum absolute atomic E-state index is 0.0772. The molecule has 0 radical (unpaired) electrons. The zero-order chi connectivity index (χ0) is 12.8. The van der Waals surface area contributed by atoms with E-state index in [1.165, 1.54) is 5.56 Å². The van der Waals surface area contributed by atoms with Crippen molar-refractivity contribution in [3.05, 3.63) is 29.8 Å². The number of ether oxygens (including phenoxy) is 2. The maximum atomic E-state index is 10.7. The molecule has 0 N–H and O–H groups in total. The van der Waals surface area contributed by atoms with Crippen LogP contribution in [0.5, 0.6) is 5.75 Å². The standard InChI is InChI=1S/C15H20O3/c1-2-9-17-14-6-4-13(5-7-14)15-8-3-12(10-16)11-18-15/h4-7,10,12,15H,2-3,8-9,11H2,1H3. The molecule has 0 aromatic heterocycles. The van der Waals surface area contributed by atoms with Crippen LogP contribution in [0.4, 0.5) is 0 Å². The molecule has 1 aliphatic heterocycles. The highest BCUT2D eigenvalue weighted by molar-refractivity contribution is 5.53. The predicted octanol–water partition coefficient (Wildman–Crippen LogP) is 3.14. The Balaban J connectivity index is 1.91. The molecule has 3 heteroatoms. The average Bonchev–Trinajstić information content (AvgIpc) is 2.46. The zero-order valence-electron chi connectivity index (χ0n) is 10.8. The SMILES string of the molecule is CCCOc1ccc(C2CCC(C=O)CO2)cc1. The van der Waals surface area contributed by atoms with Crippen molar-refractivity contribution in [3.8, 4) is 5.75 Å². The third kappa shape index (κ3) is 3.33. The molecule has 1 aromatic rings. The number of benzene rings is 1. The van der Waals surface area contributed by atoms with Crippen molar-refractivity contribution in [3.63, 3.8) is 0 Å². The summed E-state index contributed by atoms with van der Waals surface area (Å²) in [6.07, 6.45) is 3.97. The van der Waals surface area contributed by atoms with Crippen LogP contribution in [-0.2, 0) is 9.53 Å². The van der Waals surface area contributed by atoms with Crippen LogP contribution < -0.4 is 4.74 Å². The summed E-state index contributed by atoms with van der Waals surface area (Å²) in [5.74, 6) is 0.982. The Morgan fingerprint density at radius 3 is 2.67 bits per heavy atom. The van der Waals surface area contributed by atoms with E-state index in [0.717, 1.165) is 37.9 Å².